The summed E-state index contributed by atoms with van der Waals surface area (Å²) in [4.78, 5) is 13.1. The van der Waals surface area contributed by atoms with Gasteiger partial charge in [-0.15, -0.1) is 0 Å². The zero-order valence-electron chi connectivity index (χ0n) is 20.1. The van der Waals surface area contributed by atoms with Crippen molar-refractivity contribution in [2.75, 3.05) is 11.3 Å². The van der Waals surface area contributed by atoms with Gasteiger partial charge in [-0.25, -0.2) is 13.2 Å². The lowest BCUT2D eigenvalue weighted by atomic mass is 10.0. The number of carbonyl (C=O) groups excluding carboxylic acids is 1. The molecular weight excluding hydrogens is 450 g/mol. The SMILES string of the molecule is CCCCOC(=O)c1c(C)oc2c1cc(NS(=O)(=O)c1c(C)cc(C)cc1C)c1ccccc12. The van der Waals surface area contributed by atoms with Crippen LogP contribution in [-0.2, 0) is 14.8 Å². The van der Waals surface area contributed by atoms with E-state index in [0.717, 1.165) is 18.4 Å². The van der Waals surface area contributed by atoms with Crippen molar-refractivity contribution in [2.24, 2.45) is 0 Å². The molecule has 178 valence electrons. The lowest BCUT2D eigenvalue weighted by molar-refractivity contribution is 0.0500. The predicted molar refractivity (Wildman–Crippen MR) is 135 cm³/mol. The molecule has 0 aliphatic carbocycles. The topological polar surface area (TPSA) is 85.6 Å². The van der Waals surface area contributed by atoms with Crippen LogP contribution in [0.15, 0.2) is 51.8 Å². The fourth-order valence-corrected chi connectivity index (χ4v) is 6.07. The molecule has 0 unspecified atom stereocenters. The molecular formula is C27H29NO5S. The summed E-state index contributed by atoms with van der Waals surface area (Å²) in [6.07, 6.45) is 1.68. The number of anilines is 1. The number of rotatable bonds is 7. The van der Waals surface area contributed by atoms with Gasteiger partial charge < -0.3 is 9.15 Å². The number of ether oxygens (including phenoxy) is 1. The van der Waals surface area contributed by atoms with Crippen molar-refractivity contribution in [1.29, 1.82) is 0 Å². The second-order valence-corrected chi connectivity index (χ2v) is 10.3. The van der Waals surface area contributed by atoms with E-state index in [-0.39, 0.29) is 4.90 Å². The number of sulfonamides is 1. The van der Waals surface area contributed by atoms with E-state index in [2.05, 4.69) is 4.72 Å². The van der Waals surface area contributed by atoms with E-state index in [4.69, 9.17) is 9.15 Å². The van der Waals surface area contributed by atoms with Crippen LogP contribution in [0.5, 0.6) is 0 Å². The lowest BCUT2D eigenvalue weighted by Gasteiger charge is -2.15. The zero-order valence-corrected chi connectivity index (χ0v) is 20.9. The molecule has 0 atom stereocenters. The number of aryl methyl sites for hydroxylation is 4. The monoisotopic (exact) mass is 479 g/mol. The molecule has 4 aromatic rings. The van der Waals surface area contributed by atoms with Crippen LogP contribution in [0, 0.1) is 27.7 Å². The van der Waals surface area contributed by atoms with Crippen molar-refractivity contribution in [3.63, 3.8) is 0 Å². The van der Waals surface area contributed by atoms with E-state index in [0.29, 0.717) is 56.5 Å². The van der Waals surface area contributed by atoms with Crippen LogP contribution in [0.25, 0.3) is 21.7 Å². The number of benzene rings is 3. The number of fused-ring (bicyclic) bond motifs is 3. The van der Waals surface area contributed by atoms with Crippen LogP contribution in [0.2, 0.25) is 0 Å². The van der Waals surface area contributed by atoms with Crippen LogP contribution < -0.4 is 4.72 Å². The molecule has 0 spiro atoms. The maximum atomic E-state index is 13.5. The van der Waals surface area contributed by atoms with Crippen molar-refractivity contribution in [2.45, 2.75) is 52.4 Å². The molecule has 0 radical (unpaired) electrons. The van der Waals surface area contributed by atoms with Gasteiger partial charge in [0.15, 0.2) is 0 Å². The van der Waals surface area contributed by atoms with Crippen molar-refractivity contribution < 1.29 is 22.4 Å². The van der Waals surface area contributed by atoms with E-state index >= 15 is 0 Å². The molecule has 1 heterocycles. The summed E-state index contributed by atoms with van der Waals surface area (Å²) in [5, 5.41) is 1.92. The third kappa shape index (κ3) is 4.28. The molecule has 1 aromatic heterocycles. The molecule has 0 fully saturated rings. The molecule has 0 aliphatic heterocycles. The van der Waals surface area contributed by atoms with Crippen LogP contribution in [0.3, 0.4) is 0 Å². The first-order valence-corrected chi connectivity index (χ1v) is 12.8. The normalized spacial score (nSPS) is 11.8. The van der Waals surface area contributed by atoms with Gasteiger partial charge in [-0.3, -0.25) is 4.72 Å². The summed E-state index contributed by atoms with van der Waals surface area (Å²) in [6.45, 7) is 9.58. The standard InChI is InChI=1S/C27H29NO5S/c1-6-7-12-32-27(29)24-19(5)33-25-21-11-9-8-10-20(21)23(15-22(24)25)28-34(30,31)26-17(3)13-16(2)14-18(26)4/h8-11,13-15,28H,6-7,12H2,1-5H3. The van der Waals surface area contributed by atoms with Gasteiger partial charge in [0.2, 0.25) is 0 Å². The average molecular weight is 480 g/mol. The Morgan fingerprint density at radius 3 is 2.26 bits per heavy atom. The largest absolute Gasteiger partial charge is 0.462 e. The third-order valence-electron chi connectivity index (χ3n) is 5.92. The molecule has 0 saturated carbocycles. The second-order valence-electron chi connectivity index (χ2n) is 8.70. The van der Waals surface area contributed by atoms with E-state index in [9.17, 15) is 13.2 Å². The molecule has 6 nitrogen and oxygen atoms in total. The minimum atomic E-state index is -3.89. The number of furan rings is 1. The number of hydrogen-bond donors (Lipinski definition) is 1. The molecule has 3 aromatic carbocycles. The first-order valence-electron chi connectivity index (χ1n) is 11.4. The summed E-state index contributed by atoms with van der Waals surface area (Å²) in [5.41, 5.74) is 3.58. The minimum absolute atomic E-state index is 0.254. The Morgan fingerprint density at radius 1 is 0.971 bits per heavy atom. The maximum Gasteiger partial charge on any atom is 0.342 e. The van der Waals surface area contributed by atoms with E-state index in [1.807, 2.05) is 50.2 Å². The van der Waals surface area contributed by atoms with Gasteiger partial charge in [0, 0.05) is 16.2 Å². The summed E-state index contributed by atoms with van der Waals surface area (Å²) < 4.78 is 41.2. The number of hydrogen-bond acceptors (Lipinski definition) is 5. The number of esters is 1. The summed E-state index contributed by atoms with van der Waals surface area (Å²) in [7, 11) is -3.89. The highest BCUT2D eigenvalue weighted by Gasteiger charge is 2.25. The molecule has 4 rings (SSSR count). The van der Waals surface area contributed by atoms with Crippen molar-refractivity contribution in [3.05, 3.63) is 70.5 Å². The second kappa shape index (κ2) is 9.14. The first-order chi connectivity index (χ1) is 16.1. The van der Waals surface area contributed by atoms with Crippen LogP contribution in [-0.4, -0.2) is 21.0 Å². The first kappa shape index (κ1) is 23.8. The van der Waals surface area contributed by atoms with E-state index < -0.39 is 16.0 Å². The van der Waals surface area contributed by atoms with Crippen molar-refractivity contribution in [1.82, 2.24) is 0 Å². The van der Waals surface area contributed by atoms with Crippen molar-refractivity contribution in [3.8, 4) is 0 Å². The smallest absolute Gasteiger partial charge is 0.342 e. The van der Waals surface area contributed by atoms with Crippen LogP contribution >= 0.6 is 0 Å². The molecule has 0 amide bonds. The Kier molecular flexibility index (Phi) is 6.41. The van der Waals surface area contributed by atoms with Gasteiger partial charge in [0.05, 0.1) is 17.2 Å². The summed E-state index contributed by atoms with van der Waals surface area (Å²) in [5.74, 6) is -0.0362. The Morgan fingerprint density at radius 2 is 1.62 bits per heavy atom. The van der Waals surface area contributed by atoms with Gasteiger partial charge in [0.25, 0.3) is 10.0 Å². The third-order valence-corrected chi connectivity index (χ3v) is 7.59. The van der Waals surface area contributed by atoms with Gasteiger partial charge in [-0.1, -0.05) is 55.3 Å². The fraction of sp³-hybridized carbons (Fsp3) is 0.296. The van der Waals surface area contributed by atoms with Gasteiger partial charge >= 0.3 is 5.97 Å². The van der Waals surface area contributed by atoms with Gasteiger partial charge in [-0.05, 0) is 51.3 Å². The fourth-order valence-electron chi connectivity index (χ4n) is 4.54. The Balaban J connectivity index is 1.89. The summed E-state index contributed by atoms with van der Waals surface area (Å²) >= 11 is 0. The Hall–Kier alpha value is -3.32. The molecule has 0 aliphatic rings. The summed E-state index contributed by atoms with van der Waals surface area (Å²) in [6, 6.07) is 12.8. The molecule has 0 saturated heterocycles. The van der Waals surface area contributed by atoms with Crippen LogP contribution in [0.4, 0.5) is 5.69 Å². The van der Waals surface area contributed by atoms with Gasteiger partial charge in [-0.2, -0.15) is 0 Å². The highest BCUT2D eigenvalue weighted by molar-refractivity contribution is 7.92. The molecule has 7 heteroatoms. The minimum Gasteiger partial charge on any atom is -0.462 e. The highest BCUT2D eigenvalue weighted by Crippen LogP contribution is 2.38. The average Bonchev–Trinajstić information content (AvgIpc) is 3.08. The Labute approximate surface area is 200 Å². The van der Waals surface area contributed by atoms with Crippen LogP contribution in [0.1, 0.15) is 52.6 Å². The molecule has 34 heavy (non-hydrogen) atoms. The Bertz CT molecular complexity index is 1490. The zero-order chi connectivity index (χ0) is 24.6. The maximum absolute atomic E-state index is 13.5. The predicted octanol–water partition coefficient (Wildman–Crippen LogP) is 6.58. The number of nitrogens with one attached hydrogen (secondary N) is 1. The molecule has 0 bridgehead atoms. The lowest BCUT2D eigenvalue weighted by Crippen LogP contribution is -2.16. The number of unbranched alkanes of at least 4 members (excludes halogenated alkanes) is 1. The number of carbonyl (C=O) groups is 1. The van der Waals surface area contributed by atoms with E-state index in [1.54, 1.807) is 26.8 Å². The molecule has 1 N–H and O–H groups in total. The van der Waals surface area contributed by atoms with E-state index in [1.165, 1.54) is 0 Å². The quantitative estimate of drug-likeness (QED) is 0.239. The van der Waals surface area contributed by atoms with Crippen molar-refractivity contribution >= 4 is 43.4 Å². The highest BCUT2D eigenvalue weighted by atomic mass is 32.2. The van der Waals surface area contributed by atoms with Gasteiger partial charge in [0.1, 0.15) is 16.9 Å².